The highest BCUT2D eigenvalue weighted by Crippen LogP contribution is 2.38. The van der Waals surface area contributed by atoms with Gasteiger partial charge in [-0.05, 0) is 51.7 Å². The molecule has 1 saturated carbocycles. The highest BCUT2D eigenvalue weighted by molar-refractivity contribution is 5.80. The zero-order valence-corrected chi connectivity index (χ0v) is 18.6. The van der Waals surface area contributed by atoms with E-state index in [9.17, 15) is 4.79 Å². The van der Waals surface area contributed by atoms with E-state index in [0.29, 0.717) is 25.0 Å². The van der Waals surface area contributed by atoms with Gasteiger partial charge in [-0.15, -0.1) is 0 Å². The second-order valence-corrected chi connectivity index (χ2v) is 9.11. The molecular formula is C22H36N4O4. The zero-order valence-electron chi connectivity index (χ0n) is 18.6. The standard InChI is InChI=1S/C22H36N4O4/c1-22(2,3)30-21(27)25-19-8-7-16-14-26(15-18(16)19)20(24-11-13-28-4)23-10-9-17-6-5-12-29-17/h5-6,12,16,18-19H,7-11,13-15H2,1-4H3,(H,23,24)(H,25,27). The van der Waals surface area contributed by atoms with Crippen molar-refractivity contribution in [2.24, 2.45) is 16.8 Å². The fraction of sp³-hybridized carbons (Fsp3) is 0.727. The van der Waals surface area contributed by atoms with E-state index in [1.165, 1.54) is 0 Å². The summed E-state index contributed by atoms with van der Waals surface area (Å²) in [6, 6.07) is 4.04. The Labute approximate surface area is 179 Å². The molecule has 1 aliphatic heterocycles. The predicted molar refractivity (Wildman–Crippen MR) is 116 cm³/mol. The largest absolute Gasteiger partial charge is 0.469 e. The van der Waals surface area contributed by atoms with Crippen LogP contribution in [0.1, 0.15) is 39.4 Å². The molecule has 3 atom stereocenters. The smallest absolute Gasteiger partial charge is 0.407 e. The van der Waals surface area contributed by atoms with E-state index in [0.717, 1.165) is 50.6 Å². The first-order chi connectivity index (χ1) is 14.4. The lowest BCUT2D eigenvalue weighted by atomic mass is 9.98. The normalized spacial score (nSPS) is 24.1. The summed E-state index contributed by atoms with van der Waals surface area (Å²) in [6.45, 7) is 9.46. The number of alkyl carbamates (subject to hydrolysis) is 1. The van der Waals surface area contributed by atoms with Crippen molar-refractivity contribution in [1.29, 1.82) is 0 Å². The van der Waals surface area contributed by atoms with Crippen LogP contribution in [0.5, 0.6) is 0 Å². The number of guanidine groups is 1. The van der Waals surface area contributed by atoms with Crippen LogP contribution in [0, 0.1) is 11.8 Å². The van der Waals surface area contributed by atoms with E-state index in [4.69, 9.17) is 18.9 Å². The maximum Gasteiger partial charge on any atom is 0.407 e. The third-order valence-electron chi connectivity index (χ3n) is 5.65. The van der Waals surface area contributed by atoms with Gasteiger partial charge in [0.05, 0.1) is 19.4 Å². The van der Waals surface area contributed by atoms with Gasteiger partial charge in [0.25, 0.3) is 0 Å². The van der Waals surface area contributed by atoms with Gasteiger partial charge in [0, 0.05) is 45.1 Å². The molecular weight excluding hydrogens is 384 g/mol. The van der Waals surface area contributed by atoms with Crippen molar-refractivity contribution in [3.63, 3.8) is 0 Å². The van der Waals surface area contributed by atoms with Crippen molar-refractivity contribution in [3.05, 3.63) is 24.2 Å². The van der Waals surface area contributed by atoms with E-state index in [1.807, 2.05) is 32.9 Å². The Morgan fingerprint density at radius 2 is 2.17 bits per heavy atom. The summed E-state index contributed by atoms with van der Waals surface area (Å²) < 4.78 is 16.0. The van der Waals surface area contributed by atoms with Gasteiger partial charge < -0.3 is 29.4 Å². The Morgan fingerprint density at radius 3 is 2.87 bits per heavy atom. The van der Waals surface area contributed by atoms with Gasteiger partial charge in [-0.3, -0.25) is 4.99 Å². The average molecular weight is 421 g/mol. The molecule has 30 heavy (non-hydrogen) atoms. The Bertz CT molecular complexity index is 698. The topological polar surface area (TPSA) is 88.3 Å². The van der Waals surface area contributed by atoms with E-state index >= 15 is 0 Å². The molecule has 1 aliphatic carbocycles. The number of furan rings is 1. The Kier molecular flexibility index (Phi) is 7.64. The summed E-state index contributed by atoms with van der Waals surface area (Å²) in [5.41, 5.74) is -0.483. The third kappa shape index (κ3) is 6.39. The van der Waals surface area contributed by atoms with E-state index in [-0.39, 0.29) is 12.1 Å². The van der Waals surface area contributed by atoms with Crippen LogP contribution in [0.15, 0.2) is 27.8 Å². The molecule has 3 rings (SSSR count). The van der Waals surface area contributed by atoms with Gasteiger partial charge in [-0.25, -0.2) is 4.79 Å². The first-order valence-corrected chi connectivity index (χ1v) is 10.9. The molecule has 0 radical (unpaired) electrons. The molecule has 2 heterocycles. The van der Waals surface area contributed by atoms with Crippen molar-refractivity contribution >= 4 is 12.1 Å². The SMILES string of the molecule is COCCN=C(NCCc1ccco1)N1CC2CCC(NC(=O)OC(C)(C)C)C2C1. The summed E-state index contributed by atoms with van der Waals surface area (Å²) in [6.07, 6.45) is 4.30. The fourth-order valence-electron chi connectivity index (χ4n) is 4.34. The molecule has 8 nitrogen and oxygen atoms in total. The maximum absolute atomic E-state index is 12.2. The number of carbonyl (C=O) groups is 1. The predicted octanol–water partition coefficient (Wildman–Crippen LogP) is 2.65. The number of nitrogens with one attached hydrogen (secondary N) is 2. The minimum Gasteiger partial charge on any atom is -0.469 e. The van der Waals surface area contributed by atoms with Crippen LogP contribution in [0.4, 0.5) is 4.79 Å². The van der Waals surface area contributed by atoms with Crippen molar-refractivity contribution in [2.45, 2.75) is 51.7 Å². The fourth-order valence-corrected chi connectivity index (χ4v) is 4.34. The van der Waals surface area contributed by atoms with E-state index in [2.05, 4.69) is 15.5 Å². The molecule has 0 bridgehead atoms. The lowest BCUT2D eigenvalue weighted by molar-refractivity contribution is 0.0492. The Hall–Kier alpha value is -2.22. The molecule has 0 aromatic carbocycles. The third-order valence-corrected chi connectivity index (χ3v) is 5.65. The highest BCUT2D eigenvalue weighted by atomic mass is 16.6. The van der Waals surface area contributed by atoms with Crippen molar-refractivity contribution in [1.82, 2.24) is 15.5 Å². The second kappa shape index (κ2) is 10.2. The number of carbonyl (C=O) groups excluding carboxylic acids is 1. The van der Waals surface area contributed by atoms with Crippen molar-refractivity contribution < 1.29 is 18.7 Å². The van der Waals surface area contributed by atoms with Gasteiger partial charge in [0.2, 0.25) is 0 Å². The van der Waals surface area contributed by atoms with Crippen LogP contribution in [-0.2, 0) is 15.9 Å². The number of ether oxygens (including phenoxy) is 2. The summed E-state index contributed by atoms with van der Waals surface area (Å²) in [5.74, 6) is 2.84. The van der Waals surface area contributed by atoms with Gasteiger partial charge in [0.1, 0.15) is 11.4 Å². The number of rotatable bonds is 7. The van der Waals surface area contributed by atoms with E-state index < -0.39 is 5.60 Å². The van der Waals surface area contributed by atoms with E-state index in [1.54, 1.807) is 13.4 Å². The molecule has 2 N–H and O–H groups in total. The molecule has 1 aromatic rings. The second-order valence-electron chi connectivity index (χ2n) is 9.11. The van der Waals surface area contributed by atoms with Crippen LogP contribution >= 0.6 is 0 Å². The van der Waals surface area contributed by atoms with Gasteiger partial charge >= 0.3 is 6.09 Å². The summed E-state index contributed by atoms with van der Waals surface area (Å²) in [5, 5.41) is 6.58. The first-order valence-electron chi connectivity index (χ1n) is 10.9. The summed E-state index contributed by atoms with van der Waals surface area (Å²) in [4.78, 5) is 19.3. The van der Waals surface area contributed by atoms with Crippen LogP contribution < -0.4 is 10.6 Å². The number of hydrogen-bond acceptors (Lipinski definition) is 5. The van der Waals surface area contributed by atoms with Crippen LogP contribution in [0.3, 0.4) is 0 Å². The summed E-state index contributed by atoms with van der Waals surface area (Å²) in [7, 11) is 1.69. The molecule has 1 amide bonds. The molecule has 3 unspecified atom stereocenters. The van der Waals surface area contributed by atoms with Crippen LogP contribution in [0.2, 0.25) is 0 Å². The molecule has 1 saturated heterocycles. The number of methoxy groups -OCH3 is 1. The molecule has 168 valence electrons. The number of amides is 1. The van der Waals surface area contributed by atoms with Crippen LogP contribution in [-0.4, -0.2) is 68.5 Å². The quantitative estimate of drug-likeness (QED) is 0.401. The van der Waals surface area contributed by atoms with Crippen molar-refractivity contribution in [3.8, 4) is 0 Å². The Balaban J connectivity index is 1.56. The highest BCUT2D eigenvalue weighted by Gasteiger charge is 2.44. The molecule has 8 heteroatoms. The number of nitrogens with zero attached hydrogens (tertiary/aromatic N) is 2. The van der Waals surface area contributed by atoms with Gasteiger partial charge in [0.15, 0.2) is 5.96 Å². The monoisotopic (exact) mass is 420 g/mol. The Morgan fingerprint density at radius 1 is 1.33 bits per heavy atom. The summed E-state index contributed by atoms with van der Waals surface area (Å²) >= 11 is 0. The zero-order chi connectivity index (χ0) is 21.6. The average Bonchev–Trinajstić information content (AvgIpc) is 3.38. The molecule has 2 aliphatic rings. The lowest BCUT2D eigenvalue weighted by Gasteiger charge is -2.26. The minimum atomic E-state index is -0.483. The number of likely N-dealkylation sites (tertiary alicyclic amines) is 1. The minimum absolute atomic E-state index is 0.151. The van der Waals surface area contributed by atoms with Gasteiger partial charge in [-0.2, -0.15) is 0 Å². The first kappa shape index (κ1) is 22.5. The van der Waals surface area contributed by atoms with Gasteiger partial charge in [-0.1, -0.05) is 0 Å². The molecule has 2 fully saturated rings. The van der Waals surface area contributed by atoms with Crippen molar-refractivity contribution in [2.75, 3.05) is 39.9 Å². The van der Waals surface area contributed by atoms with Crippen LogP contribution in [0.25, 0.3) is 0 Å². The number of aliphatic imine (C=N–C) groups is 1. The number of hydrogen-bond donors (Lipinski definition) is 2. The molecule has 1 aromatic heterocycles. The number of fused-ring (bicyclic) bond motifs is 1. The molecule has 0 spiro atoms. The maximum atomic E-state index is 12.2. The lowest BCUT2D eigenvalue weighted by Crippen LogP contribution is -2.45.